The van der Waals surface area contributed by atoms with E-state index in [4.69, 9.17) is 19.7 Å². The van der Waals surface area contributed by atoms with Crippen LogP contribution in [0.3, 0.4) is 0 Å². The van der Waals surface area contributed by atoms with Crippen molar-refractivity contribution in [3.8, 4) is 17.2 Å². The second-order valence-electron chi connectivity index (χ2n) is 4.46. The lowest BCUT2D eigenvalue weighted by Crippen LogP contribution is -2.36. The second kappa shape index (κ2) is 5.38. The van der Waals surface area contributed by atoms with Crippen LogP contribution in [0.5, 0.6) is 5.75 Å². The average molecular weight is 276 g/mol. The Morgan fingerprint density at radius 2 is 2.10 bits per heavy atom. The molecule has 0 saturated carbocycles. The van der Waals surface area contributed by atoms with E-state index in [2.05, 4.69) is 10.1 Å². The van der Waals surface area contributed by atoms with Crippen LogP contribution in [0.1, 0.15) is 0 Å². The zero-order chi connectivity index (χ0) is 13.9. The molecule has 20 heavy (non-hydrogen) atoms. The molecule has 2 N–H and O–H groups in total. The van der Waals surface area contributed by atoms with E-state index in [1.54, 1.807) is 19.2 Å². The summed E-state index contributed by atoms with van der Waals surface area (Å²) in [6.45, 7) is 2.87. The van der Waals surface area contributed by atoms with Crippen molar-refractivity contribution in [2.75, 3.05) is 44.0 Å². The van der Waals surface area contributed by atoms with Crippen LogP contribution in [0.25, 0.3) is 11.5 Å². The van der Waals surface area contributed by atoms with Crippen LogP contribution < -0.4 is 15.4 Å². The van der Waals surface area contributed by atoms with Gasteiger partial charge in [-0.1, -0.05) is 0 Å². The number of nitrogen functional groups attached to an aromatic ring is 1. The van der Waals surface area contributed by atoms with Gasteiger partial charge in [0.25, 0.3) is 11.8 Å². The maximum absolute atomic E-state index is 5.73. The van der Waals surface area contributed by atoms with Crippen LogP contribution >= 0.6 is 0 Å². The lowest BCUT2D eigenvalue weighted by atomic mass is 10.2. The molecule has 0 aliphatic carbocycles. The van der Waals surface area contributed by atoms with Gasteiger partial charge in [-0.3, -0.25) is 0 Å². The largest absolute Gasteiger partial charge is 0.496 e. The van der Waals surface area contributed by atoms with Crippen molar-refractivity contribution in [2.45, 2.75) is 0 Å². The van der Waals surface area contributed by atoms with E-state index in [0.29, 0.717) is 36.5 Å². The molecule has 1 aromatic carbocycles. The fraction of sp³-hybridized carbons (Fsp3) is 0.385. The van der Waals surface area contributed by atoms with Crippen LogP contribution in [-0.4, -0.2) is 43.6 Å². The first kappa shape index (κ1) is 12.7. The number of hydrogen-bond acceptors (Lipinski definition) is 7. The minimum absolute atomic E-state index is 0.420. The predicted molar refractivity (Wildman–Crippen MR) is 73.7 cm³/mol. The minimum Gasteiger partial charge on any atom is -0.496 e. The summed E-state index contributed by atoms with van der Waals surface area (Å²) in [4.78, 5) is 6.44. The number of anilines is 2. The molecule has 2 heterocycles. The number of hydrogen-bond donors (Lipinski definition) is 1. The maximum atomic E-state index is 5.73. The van der Waals surface area contributed by atoms with Gasteiger partial charge in [0.15, 0.2) is 0 Å². The van der Waals surface area contributed by atoms with E-state index >= 15 is 0 Å². The van der Waals surface area contributed by atoms with Crippen molar-refractivity contribution in [1.82, 2.24) is 10.1 Å². The molecule has 1 aromatic heterocycles. The van der Waals surface area contributed by atoms with Crippen molar-refractivity contribution in [3.63, 3.8) is 0 Å². The van der Waals surface area contributed by atoms with Gasteiger partial charge in [0, 0.05) is 24.8 Å². The summed E-state index contributed by atoms with van der Waals surface area (Å²) in [6, 6.07) is 5.31. The number of morpholine rings is 1. The van der Waals surface area contributed by atoms with Gasteiger partial charge >= 0.3 is 0 Å². The summed E-state index contributed by atoms with van der Waals surface area (Å²) >= 11 is 0. The van der Waals surface area contributed by atoms with Crippen LogP contribution in [0, 0.1) is 0 Å². The first-order valence-electron chi connectivity index (χ1n) is 6.38. The normalized spacial score (nSPS) is 15.3. The van der Waals surface area contributed by atoms with Crippen molar-refractivity contribution in [3.05, 3.63) is 18.2 Å². The van der Waals surface area contributed by atoms with Crippen molar-refractivity contribution in [1.29, 1.82) is 0 Å². The van der Waals surface area contributed by atoms with Crippen LogP contribution in [0.2, 0.25) is 0 Å². The van der Waals surface area contributed by atoms with Crippen LogP contribution in [0.15, 0.2) is 22.7 Å². The van der Waals surface area contributed by atoms with Gasteiger partial charge in [-0.05, 0) is 17.3 Å². The van der Waals surface area contributed by atoms with Crippen LogP contribution in [-0.2, 0) is 4.74 Å². The zero-order valence-electron chi connectivity index (χ0n) is 11.2. The third-order valence-electron chi connectivity index (χ3n) is 3.17. The summed E-state index contributed by atoms with van der Waals surface area (Å²) in [7, 11) is 1.58. The molecule has 0 radical (unpaired) electrons. The van der Waals surface area contributed by atoms with Gasteiger partial charge < -0.3 is 24.6 Å². The Bertz CT molecular complexity index is 593. The van der Waals surface area contributed by atoms with E-state index in [1.165, 1.54) is 0 Å². The molecular weight excluding hydrogens is 260 g/mol. The quantitative estimate of drug-likeness (QED) is 0.842. The summed E-state index contributed by atoms with van der Waals surface area (Å²) in [6.07, 6.45) is 0. The van der Waals surface area contributed by atoms with Gasteiger partial charge in [-0.2, -0.15) is 4.98 Å². The van der Waals surface area contributed by atoms with Crippen molar-refractivity contribution < 1.29 is 14.0 Å². The van der Waals surface area contributed by atoms with Crippen molar-refractivity contribution in [2.24, 2.45) is 0 Å². The molecule has 1 saturated heterocycles. The highest BCUT2D eigenvalue weighted by Gasteiger charge is 2.19. The molecule has 1 aliphatic heterocycles. The number of ether oxygens (including phenoxy) is 2. The van der Waals surface area contributed by atoms with Gasteiger partial charge in [0.2, 0.25) is 0 Å². The molecule has 106 valence electrons. The number of methoxy groups -OCH3 is 1. The fourth-order valence-corrected chi connectivity index (χ4v) is 2.10. The lowest BCUT2D eigenvalue weighted by molar-refractivity contribution is 0.121. The van der Waals surface area contributed by atoms with Gasteiger partial charge in [0.05, 0.1) is 25.9 Å². The highest BCUT2D eigenvalue weighted by Crippen LogP contribution is 2.31. The zero-order valence-corrected chi connectivity index (χ0v) is 11.2. The molecule has 1 aliphatic rings. The summed E-state index contributed by atoms with van der Waals surface area (Å²) in [5.41, 5.74) is 7.09. The molecular formula is C13H16N4O3. The average Bonchev–Trinajstić information content (AvgIpc) is 2.97. The number of aromatic nitrogens is 2. The predicted octanol–water partition coefficient (Wildman–Crippen LogP) is 1.16. The lowest BCUT2D eigenvalue weighted by Gasteiger charge is -2.24. The Labute approximate surface area is 116 Å². The van der Waals surface area contributed by atoms with E-state index in [1.807, 2.05) is 11.0 Å². The third-order valence-corrected chi connectivity index (χ3v) is 3.17. The highest BCUT2D eigenvalue weighted by atomic mass is 16.5. The molecule has 7 nitrogen and oxygen atoms in total. The Morgan fingerprint density at radius 3 is 2.85 bits per heavy atom. The van der Waals surface area contributed by atoms with Gasteiger partial charge in [-0.25, -0.2) is 0 Å². The molecule has 0 amide bonds. The highest BCUT2D eigenvalue weighted by molar-refractivity contribution is 5.67. The number of nitrogens with zero attached hydrogens (tertiary/aromatic N) is 3. The molecule has 0 unspecified atom stereocenters. The Kier molecular flexibility index (Phi) is 3.42. The molecule has 7 heteroatoms. The fourth-order valence-electron chi connectivity index (χ4n) is 2.10. The van der Waals surface area contributed by atoms with Gasteiger partial charge in [0.1, 0.15) is 5.75 Å². The molecule has 0 spiro atoms. The van der Waals surface area contributed by atoms with E-state index in [0.717, 1.165) is 18.7 Å². The molecule has 0 atom stereocenters. The summed E-state index contributed by atoms with van der Waals surface area (Å²) in [5, 5.41) is 4.01. The van der Waals surface area contributed by atoms with Crippen LogP contribution in [0.4, 0.5) is 11.6 Å². The Hall–Kier alpha value is -2.28. The topological polar surface area (TPSA) is 86.6 Å². The number of benzene rings is 1. The maximum Gasteiger partial charge on any atom is 0.266 e. The first-order chi connectivity index (χ1) is 9.78. The number of nitrogens with two attached hydrogens (primary N) is 1. The SMILES string of the molecule is COc1cc(N)ccc1-c1nc(N2CCOCC2)no1. The second-order valence-corrected chi connectivity index (χ2v) is 4.46. The molecule has 0 bridgehead atoms. The monoisotopic (exact) mass is 276 g/mol. The van der Waals surface area contributed by atoms with Gasteiger partial charge in [-0.15, -0.1) is 0 Å². The number of rotatable bonds is 3. The molecule has 1 fully saturated rings. The van der Waals surface area contributed by atoms with E-state index in [9.17, 15) is 0 Å². The Balaban J connectivity index is 1.89. The van der Waals surface area contributed by atoms with E-state index in [-0.39, 0.29) is 0 Å². The summed E-state index contributed by atoms with van der Waals surface area (Å²) < 4.78 is 15.9. The Morgan fingerprint density at radius 1 is 1.30 bits per heavy atom. The third kappa shape index (κ3) is 2.39. The summed E-state index contributed by atoms with van der Waals surface area (Å²) in [5.74, 6) is 1.60. The molecule has 2 aromatic rings. The standard InChI is InChI=1S/C13H16N4O3/c1-18-11-8-9(14)2-3-10(11)12-15-13(16-20-12)17-4-6-19-7-5-17/h2-3,8H,4-7,14H2,1H3. The molecule has 3 rings (SSSR count). The minimum atomic E-state index is 0.420. The first-order valence-corrected chi connectivity index (χ1v) is 6.38. The van der Waals surface area contributed by atoms with E-state index < -0.39 is 0 Å². The van der Waals surface area contributed by atoms with Crippen molar-refractivity contribution >= 4 is 11.6 Å². The smallest absolute Gasteiger partial charge is 0.266 e.